The molecule has 0 aliphatic heterocycles. The molecular formula is C10H15N5O2. The Labute approximate surface area is 98.1 Å². The summed E-state index contributed by atoms with van der Waals surface area (Å²) in [6.07, 6.45) is 5.34. The molecule has 1 saturated carbocycles. The van der Waals surface area contributed by atoms with E-state index in [0.29, 0.717) is 23.7 Å². The molecule has 0 unspecified atom stereocenters. The Balaban J connectivity index is 1.98. The van der Waals surface area contributed by atoms with E-state index in [9.17, 15) is 4.79 Å². The van der Waals surface area contributed by atoms with Gasteiger partial charge in [-0.25, -0.2) is 0 Å². The number of anilines is 1. The molecule has 1 aliphatic carbocycles. The van der Waals surface area contributed by atoms with E-state index in [-0.39, 0.29) is 11.7 Å². The fourth-order valence-electron chi connectivity index (χ4n) is 1.78. The fraction of sp³-hybridized carbons (Fsp3) is 0.500. The van der Waals surface area contributed by atoms with Gasteiger partial charge < -0.3 is 16.3 Å². The molecule has 7 nitrogen and oxygen atoms in total. The molecule has 1 fully saturated rings. The highest BCUT2D eigenvalue weighted by Gasteiger charge is 2.21. The van der Waals surface area contributed by atoms with Gasteiger partial charge in [0, 0.05) is 6.42 Å². The molecule has 5 N–H and O–H groups in total. The molecule has 0 bridgehead atoms. The number of amidine groups is 1. The molecule has 1 heterocycles. The Hall–Kier alpha value is -2.05. The standard InChI is InChI=1S/C10H15N5O2/c11-9(15-17)7-5-12-14-10(7)13-8(16)4-6-2-1-3-6/h5-6,17H,1-4H2,(H2,11,15)(H2,12,13,14,16). The molecule has 0 aromatic carbocycles. The van der Waals surface area contributed by atoms with Crippen LogP contribution in [0.4, 0.5) is 5.82 Å². The molecule has 92 valence electrons. The molecule has 0 saturated heterocycles. The summed E-state index contributed by atoms with van der Waals surface area (Å²) in [4.78, 5) is 11.7. The third-order valence-corrected chi connectivity index (χ3v) is 2.99. The van der Waals surface area contributed by atoms with Crippen molar-refractivity contribution in [3.8, 4) is 0 Å². The third kappa shape index (κ3) is 2.55. The van der Waals surface area contributed by atoms with Crippen LogP contribution in [0.15, 0.2) is 11.4 Å². The average molecular weight is 237 g/mol. The summed E-state index contributed by atoms with van der Waals surface area (Å²) in [5.41, 5.74) is 5.83. The first kappa shape index (κ1) is 11.4. The lowest BCUT2D eigenvalue weighted by atomic mass is 9.83. The number of aromatic nitrogens is 2. The number of nitrogens with two attached hydrogens (primary N) is 1. The maximum absolute atomic E-state index is 11.7. The minimum Gasteiger partial charge on any atom is -0.409 e. The van der Waals surface area contributed by atoms with Crippen LogP contribution in [0.5, 0.6) is 0 Å². The highest BCUT2D eigenvalue weighted by Crippen LogP contribution is 2.29. The Morgan fingerprint density at radius 1 is 1.71 bits per heavy atom. The minimum atomic E-state index is -0.0855. The van der Waals surface area contributed by atoms with Gasteiger partial charge in [-0.3, -0.25) is 9.89 Å². The molecule has 2 rings (SSSR count). The number of hydrogen-bond donors (Lipinski definition) is 4. The summed E-state index contributed by atoms with van der Waals surface area (Å²) in [6.45, 7) is 0. The van der Waals surface area contributed by atoms with E-state index in [1.54, 1.807) is 0 Å². The van der Waals surface area contributed by atoms with Gasteiger partial charge in [-0.05, 0) is 18.8 Å². The van der Waals surface area contributed by atoms with Crippen LogP contribution in [0, 0.1) is 5.92 Å². The number of nitrogens with zero attached hydrogens (tertiary/aromatic N) is 2. The van der Waals surface area contributed by atoms with E-state index in [1.165, 1.54) is 12.6 Å². The zero-order valence-corrected chi connectivity index (χ0v) is 9.31. The van der Waals surface area contributed by atoms with E-state index < -0.39 is 0 Å². The van der Waals surface area contributed by atoms with Gasteiger partial charge in [0.25, 0.3) is 0 Å². The fourth-order valence-corrected chi connectivity index (χ4v) is 1.78. The molecule has 17 heavy (non-hydrogen) atoms. The van der Waals surface area contributed by atoms with Gasteiger partial charge in [0.1, 0.15) is 5.82 Å². The van der Waals surface area contributed by atoms with E-state index >= 15 is 0 Å². The van der Waals surface area contributed by atoms with E-state index in [2.05, 4.69) is 20.7 Å². The molecule has 1 aromatic rings. The Morgan fingerprint density at radius 3 is 3.06 bits per heavy atom. The molecule has 0 atom stereocenters. The van der Waals surface area contributed by atoms with Gasteiger partial charge in [0.15, 0.2) is 5.84 Å². The first-order chi connectivity index (χ1) is 8.20. The van der Waals surface area contributed by atoms with Crippen LogP contribution in [0.25, 0.3) is 0 Å². The Morgan fingerprint density at radius 2 is 2.47 bits per heavy atom. The van der Waals surface area contributed by atoms with E-state index in [0.717, 1.165) is 12.8 Å². The number of H-pyrrole nitrogens is 1. The largest absolute Gasteiger partial charge is 0.409 e. The first-order valence-electron chi connectivity index (χ1n) is 5.52. The third-order valence-electron chi connectivity index (χ3n) is 2.99. The molecular weight excluding hydrogens is 222 g/mol. The van der Waals surface area contributed by atoms with Crippen molar-refractivity contribution in [3.63, 3.8) is 0 Å². The normalized spacial score (nSPS) is 16.6. The molecule has 1 aromatic heterocycles. The van der Waals surface area contributed by atoms with Gasteiger partial charge in [-0.1, -0.05) is 11.6 Å². The van der Waals surface area contributed by atoms with Crippen molar-refractivity contribution < 1.29 is 10.0 Å². The van der Waals surface area contributed by atoms with Gasteiger partial charge in [0.05, 0.1) is 11.8 Å². The highest BCUT2D eigenvalue weighted by atomic mass is 16.4. The summed E-state index contributed by atoms with van der Waals surface area (Å²) < 4.78 is 0. The SMILES string of the molecule is NC(=NO)c1cn[nH]c1NC(=O)CC1CCC1. The lowest BCUT2D eigenvalue weighted by Gasteiger charge is -2.24. The Kier molecular flexibility index (Phi) is 3.27. The maximum Gasteiger partial charge on any atom is 0.225 e. The number of carbonyl (C=O) groups is 1. The van der Waals surface area contributed by atoms with Crippen molar-refractivity contribution in [1.82, 2.24) is 10.2 Å². The van der Waals surface area contributed by atoms with Crippen LogP contribution in [0.1, 0.15) is 31.2 Å². The second-order valence-corrected chi connectivity index (χ2v) is 4.19. The van der Waals surface area contributed by atoms with Crippen LogP contribution < -0.4 is 11.1 Å². The quantitative estimate of drug-likeness (QED) is 0.266. The van der Waals surface area contributed by atoms with E-state index in [1.807, 2.05) is 0 Å². The summed E-state index contributed by atoms with van der Waals surface area (Å²) >= 11 is 0. The van der Waals surface area contributed by atoms with Crippen LogP contribution in [-0.4, -0.2) is 27.1 Å². The lowest BCUT2D eigenvalue weighted by molar-refractivity contribution is -0.117. The van der Waals surface area contributed by atoms with Crippen molar-refractivity contribution in [2.75, 3.05) is 5.32 Å². The van der Waals surface area contributed by atoms with Crippen molar-refractivity contribution in [2.24, 2.45) is 16.8 Å². The van der Waals surface area contributed by atoms with Crippen LogP contribution in [0.3, 0.4) is 0 Å². The zero-order valence-electron chi connectivity index (χ0n) is 9.31. The first-order valence-corrected chi connectivity index (χ1v) is 5.52. The average Bonchev–Trinajstić information content (AvgIpc) is 2.70. The smallest absolute Gasteiger partial charge is 0.225 e. The van der Waals surface area contributed by atoms with E-state index in [4.69, 9.17) is 10.9 Å². The Bertz CT molecular complexity index is 436. The number of aromatic amines is 1. The summed E-state index contributed by atoms with van der Waals surface area (Å²) in [6, 6.07) is 0. The highest BCUT2D eigenvalue weighted by molar-refractivity contribution is 6.04. The van der Waals surface area contributed by atoms with Crippen LogP contribution >= 0.6 is 0 Å². The van der Waals surface area contributed by atoms with Gasteiger partial charge in [0.2, 0.25) is 5.91 Å². The molecule has 0 spiro atoms. The predicted molar refractivity (Wildman–Crippen MR) is 61.7 cm³/mol. The van der Waals surface area contributed by atoms with Gasteiger partial charge in [-0.15, -0.1) is 0 Å². The molecule has 1 amide bonds. The minimum absolute atomic E-state index is 0.0778. The van der Waals surface area contributed by atoms with Gasteiger partial charge in [-0.2, -0.15) is 5.10 Å². The summed E-state index contributed by atoms with van der Waals surface area (Å²) in [5.74, 6) is 0.693. The maximum atomic E-state index is 11.7. The van der Waals surface area contributed by atoms with Gasteiger partial charge >= 0.3 is 0 Å². The second-order valence-electron chi connectivity index (χ2n) is 4.19. The number of oxime groups is 1. The number of nitrogens with one attached hydrogen (secondary N) is 2. The van der Waals surface area contributed by atoms with Crippen LogP contribution in [0.2, 0.25) is 0 Å². The zero-order chi connectivity index (χ0) is 12.3. The number of rotatable bonds is 4. The number of amides is 1. The molecule has 0 radical (unpaired) electrons. The summed E-state index contributed by atoms with van der Waals surface area (Å²) in [7, 11) is 0. The molecule has 7 heteroatoms. The van der Waals surface area contributed by atoms with Crippen LogP contribution in [-0.2, 0) is 4.79 Å². The van der Waals surface area contributed by atoms with Crippen molar-refractivity contribution in [2.45, 2.75) is 25.7 Å². The monoisotopic (exact) mass is 237 g/mol. The predicted octanol–water partition coefficient (Wildman–Crippen LogP) is 0.633. The van der Waals surface area contributed by atoms with Crippen molar-refractivity contribution in [1.29, 1.82) is 0 Å². The van der Waals surface area contributed by atoms with Crippen molar-refractivity contribution in [3.05, 3.63) is 11.8 Å². The summed E-state index contributed by atoms with van der Waals surface area (Å²) in [5, 5.41) is 20.5. The topological polar surface area (TPSA) is 116 Å². The lowest BCUT2D eigenvalue weighted by Crippen LogP contribution is -2.22. The number of hydrogen-bond acceptors (Lipinski definition) is 4. The van der Waals surface area contributed by atoms with Crippen molar-refractivity contribution >= 4 is 17.6 Å². The second kappa shape index (κ2) is 4.86. The number of carbonyl (C=O) groups excluding carboxylic acids is 1. The molecule has 1 aliphatic rings.